The normalized spacial score (nSPS) is 10.7. The SMILES string of the molecule is CCc1nc2cc(NC(=O)COc3cccc(NC(=O)c4ccco4)c3)ccc2o1. The van der Waals surface area contributed by atoms with Gasteiger partial charge in [0.25, 0.3) is 11.8 Å². The fraction of sp³-hybridized carbons (Fsp3) is 0.136. The van der Waals surface area contributed by atoms with Gasteiger partial charge in [-0.3, -0.25) is 9.59 Å². The van der Waals surface area contributed by atoms with Crippen LogP contribution in [0.25, 0.3) is 11.1 Å². The van der Waals surface area contributed by atoms with Crippen LogP contribution in [0.5, 0.6) is 5.75 Å². The fourth-order valence-corrected chi connectivity index (χ4v) is 2.81. The Labute approximate surface area is 171 Å². The topological polar surface area (TPSA) is 107 Å². The first-order valence-electron chi connectivity index (χ1n) is 9.38. The van der Waals surface area contributed by atoms with Crippen molar-refractivity contribution in [2.24, 2.45) is 0 Å². The van der Waals surface area contributed by atoms with Gasteiger partial charge < -0.3 is 24.2 Å². The van der Waals surface area contributed by atoms with Gasteiger partial charge in [-0.2, -0.15) is 0 Å². The van der Waals surface area contributed by atoms with Crippen molar-refractivity contribution in [3.05, 3.63) is 72.5 Å². The Morgan fingerprint density at radius 3 is 2.70 bits per heavy atom. The van der Waals surface area contributed by atoms with Gasteiger partial charge in [0, 0.05) is 23.9 Å². The van der Waals surface area contributed by atoms with Gasteiger partial charge in [-0.1, -0.05) is 13.0 Å². The third-order valence-corrected chi connectivity index (χ3v) is 4.22. The second-order valence-electron chi connectivity index (χ2n) is 6.44. The highest BCUT2D eigenvalue weighted by molar-refractivity contribution is 6.02. The summed E-state index contributed by atoms with van der Waals surface area (Å²) >= 11 is 0. The van der Waals surface area contributed by atoms with Gasteiger partial charge in [-0.25, -0.2) is 4.98 Å². The minimum absolute atomic E-state index is 0.188. The molecule has 0 fully saturated rings. The number of aromatic nitrogens is 1. The number of aryl methyl sites for hydroxylation is 1. The van der Waals surface area contributed by atoms with Crippen LogP contribution in [-0.4, -0.2) is 23.4 Å². The van der Waals surface area contributed by atoms with E-state index in [2.05, 4.69) is 15.6 Å². The Kier molecular flexibility index (Phi) is 5.47. The lowest BCUT2D eigenvalue weighted by atomic mass is 10.3. The zero-order chi connectivity index (χ0) is 20.9. The molecule has 0 unspecified atom stereocenters. The molecule has 2 amide bonds. The lowest BCUT2D eigenvalue weighted by Crippen LogP contribution is -2.20. The number of hydrogen-bond donors (Lipinski definition) is 2. The number of hydrogen-bond acceptors (Lipinski definition) is 6. The molecule has 0 atom stereocenters. The number of nitrogens with zero attached hydrogens (tertiary/aromatic N) is 1. The number of amides is 2. The van der Waals surface area contributed by atoms with E-state index in [1.165, 1.54) is 6.26 Å². The second-order valence-corrected chi connectivity index (χ2v) is 6.44. The smallest absolute Gasteiger partial charge is 0.291 e. The average molecular weight is 405 g/mol. The predicted molar refractivity (Wildman–Crippen MR) is 111 cm³/mol. The van der Waals surface area contributed by atoms with Crippen LogP contribution in [0.15, 0.2) is 69.7 Å². The molecule has 0 radical (unpaired) electrons. The first-order valence-corrected chi connectivity index (χ1v) is 9.38. The minimum Gasteiger partial charge on any atom is -0.484 e. The number of carbonyl (C=O) groups is 2. The number of furan rings is 1. The summed E-state index contributed by atoms with van der Waals surface area (Å²) in [7, 11) is 0. The van der Waals surface area contributed by atoms with Gasteiger partial charge in [0.2, 0.25) is 0 Å². The minimum atomic E-state index is -0.371. The molecule has 0 aliphatic heterocycles. The summed E-state index contributed by atoms with van der Waals surface area (Å²) < 4.78 is 16.2. The molecule has 0 saturated carbocycles. The van der Waals surface area contributed by atoms with Crippen LogP contribution in [0.3, 0.4) is 0 Å². The van der Waals surface area contributed by atoms with E-state index >= 15 is 0 Å². The molecule has 30 heavy (non-hydrogen) atoms. The van der Waals surface area contributed by atoms with Gasteiger partial charge in [0.1, 0.15) is 11.3 Å². The van der Waals surface area contributed by atoms with E-state index in [-0.39, 0.29) is 24.2 Å². The molecule has 0 spiro atoms. The Hall–Kier alpha value is -4.07. The first-order chi connectivity index (χ1) is 14.6. The third kappa shape index (κ3) is 4.49. The lowest BCUT2D eigenvalue weighted by molar-refractivity contribution is -0.118. The van der Waals surface area contributed by atoms with Gasteiger partial charge >= 0.3 is 0 Å². The highest BCUT2D eigenvalue weighted by atomic mass is 16.5. The number of anilines is 2. The standard InChI is InChI=1S/C22H19N3O5/c1-2-21-25-17-12-15(8-9-18(17)30-21)23-20(26)13-29-16-6-3-5-14(11-16)24-22(27)19-7-4-10-28-19/h3-12H,2,13H2,1H3,(H,23,26)(H,24,27). The molecular weight excluding hydrogens is 386 g/mol. The second kappa shape index (κ2) is 8.52. The van der Waals surface area contributed by atoms with E-state index in [9.17, 15) is 9.59 Å². The Bertz CT molecular complexity index is 1180. The molecule has 4 rings (SSSR count). The van der Waals surface area contributed by atoms with Gasteiger partial charge in [0.15, 0.2) is 23.8 Å². The number of oxazole rings is 1. The van der Waals surface area contributed by atoms with Crippen LogP contribution < -0.4 is 15.4 Å². The molecule has 8 nitrogen and oxygen atoms in total. The van der Waals surface area contributed by atoms with E-state index in [4.69, 9.17) is 13.6 Å². The van der Waals surface area contributed by atoms with Crippen molar-refractivity contribution < 1.29 is 23.2 Å². The molecule has 8 heteroatoms. The maximum absolute atomic E-state index is 12.2. The molecule has 0 aliphatic carbocycles. The summed E-state index contributed by atoms with van der Waals surface area (Å²) in [6, 6.07) is 15.2. The van der Waals surface area contributed by atoms with Gasteiger partial charge in [-0.05, 0) is 42.5 Å². The maximum Gasteiger partial charge on any atom is 0.291 e. The monoisotopic (exact) mass is 405 g/mol. The molecule has 152 valence electrons. The molecule has 2 heterocycles. The Morgan fingerprint density at radius 2 is 1.90 bits per heavy atom. The summed E-state index contributed by atoms with van der Waals surface area (Å²) in [5, 5.41) is 5.48. The molecule has 4 aromatic rings. The van der Waals surface area contributed by atoms with E-state index < -0.39 is 0 Å². The Balaban J connectivity index is 1.34. The zero-order valence-corrected chi connectivity index (χ0v) is 16.2. The lowest BCUT2D eigenvalue weighted by Gasteiger charge is -2.09. The number of carbonyl (C=O) groups excluding carboxylic acids is 2. The van der Waals surface area contributed by atoms with Crippen molar-refractivity contribution in [1.82, 2.24) is 4.98 Å². The van der Waals surface area contributed by atoms with Gasteiger partial charge in [-0.15, -0.1) is 0 Å². The van der Waals surface area contributed by atoms with Crippen LogP contribution in [0.2, 0.25) is 0 Å². The van der Waals surface area contributed by atoms with Crippen LogP contribution in [0.4, 0.5) is 11.4 Å². The van der Waals surface area contributed by atoms with Crippen LogP contribution in [0.1, 0.15) is 23.4 Å². The first kappa shape index (κ1) is 19.3. The molecule has 0 bridgehead atoms. The molecular formula is C22H19N3O5. The van der Waals surface area contributed by atoms with E-state index in [1.54, 1.807) is 54.6 Å². The van der Waals surface area contributed by atoms with Crippen molar-refractivity contribution in [2.75, 3.05) is 17.2 Å². The Morgan fingerprint density at radius 1 is 1.03 bits per heavy atom. The molecule has 0 aliphatic rings. The number of fused-ring (bicyclic) bond motifs is 1. The van der Waals surface area contributed by atoms with E-state index in [1.807, 2.05) is 6.92 Å². The van der Waals surface area contributed by atoms with Crippen molar-refractivity contribution in [3.63, 3.8) is 0 Å². The maximum atomic E-state index is 12.2. The number of benzene rings is 2. The van der Waals surface area contributed by atoms with Crippen LogP contribution in [-0.2, 0) is 11.2 Å². The summed E-state index contributed by atoms with van der Waals surface area (Å²) in [4.78, 5) is 28.6. The summed E-state index contributed by atoms with van der Waals surface area (Å²) in [6.45, 7) is 1.77. The summed E-state index contributed by atoms with van der Waals surface area (Å²) in [5.74, 6) is 0.608. The zero-order valence-electron chi connectivity index (χ0n) is 16.2. The van der Waals surface area contributed by atoms with E-state index in [0.717, 1.165) is 0 Å². The molecule has 2 aromatic carbocycles. The average Bonchev–Trinajstić information content (AvgIpc) is 3.42. The fourth-order valence-electron chi connectivity index (χ4n) is 2.81. The molecule has 2 aromatic heterocycles. The summed E-state index contributed by atoms with van der Waals surface area (Å²) in [5.41, 5.74) is 2.49. The van der Waals surface area contributed by atoms with Gasteiger partial charge in [0.05, 0.1) is 6.26 Å². The third-order valence-electron chi connectivity index (χ3n) is 4.22. The van der Waals surface area contributed by atoms with Crippen LogP contribution >= 0.6 is 0 Å². The highest BCUT2D eigenvalue weighted by Gasteiger charge is 2.10. The predicted octanol–water partition coefficient (Wildman–Crippen LogP) is 4.25. The number of ether oxygens (including phenoxy) is 1. The molecule has 0 saturated heterocycles. The van der Waals surface area contributed by atoms with E-state index in [0.29, 0.717) is 40.5 Å². The van der Waals surface area contributed by atoms with Crippen molar-refractivity contribution in [1.29, 1.82) is 0 Å². The quantitative estimate of drug-likeness (QED) is 0.476. The highest BCUT2D eigenvalue weighted by Crippen LogP contribution is 2.21. The van der Waals surface area contributed by atoms with Crippen molar-refractivity contribution in [2.45, 2.75) is 13.3 Å². The molecule has 2 N–H and O–H groups in total. The largest absolute Gasteiger partial charge is 0.484 e. The number of rotatable bonds is 7. The number of nitrogens with one attached hydrogen (secondary N) is 2. The van der Waals surface area contributed by atoms with Crippen molar-refractivity contribution in [3.8, 4) is 5.75 Å². The summed E-state index contributed by atoms with van der Waals surface area (Å²) in [6.07, 6.45) is 2.13. The van der Waals surface area contributed by atoms with Crippen molar-refractivity contribution >= 4 is 34.3 Å². The van der Waals surface area contributed by atoms with Crippen LogP contribution in [0, 0.1) is 0 Å².